The number of benzene rings is 2. The number of aromatic nitrogens is 3. The molecule has 1 saturated heterocycles. The van der Waals surface area contributed by atoms with E-state index in [4.69, 9.17) is 5.73 Å². The van der Waals surface area contributed by atoms with E-state index in [1.54, 1.807) is 4.90 Å². The molecule has 5 rings (SSSR count). The standard InChI is InChI=1S/C29H36N6O3/c1-4-5-12-34-24-14-18(8-10-20(24)21-11-9-19(30)15-25(21)34)22-16-31-27(32-22)23-7-6-13-35(23)28(36)26(17(2)3)33-29(37)38/h8-11,14-17,23,26,33H,4-7,12-13,30H2,1-3H3,(H,31,32)(H,37,38)/t23-,26+/m0/s1. The van der Waals surface area contributed by atoms with Crippen molar-refractivity contribution in [3.05, 3.63) is 48.4 Å². The molecule has 1 fully saturated rings. The van der Waals surface area contributed by atoms with Crippen LogP contribution in [0.3, 0.4) is 0 Å². The van der Waals surface area contributed by atoms with E-state index in [2.05, 4.69) is 51.0 Å². The summed E-state index contributed by atoms with van der Waals surface area (Å²) in [6.07, 6.45) is 4.43. The highest BCUT2D eigenvalue weighted by molar-refractivity contribution is 6.09. The number of fused-ring (bicyclic) bond motifs is 3. The largest absolute Gasteiger partial charge is 0.465 e. The molecular formula is C29H36N6O3. The highest BCUT2D eigenvalue weighted by Crippen LogP contribution is 2.35. The molecule has 4 aromatic rings. The van der Waals surface area contributed by atoms with Crippen molar-refractivity contribution < 1.29 is 14.7 Å². The Bertz CT molecular complexity index is 1490. The van der Waals surface area contributed by atoms with Gasteiger partial charge in [0.25, 0.3) is 0 Å². The Balaban J connectivity index is 1.47. The van der Waals surface area contributed by atoms with Gasteiger partial charge in [0.15, 0.2) is 0 Å². The Hall–Kier alpha value is -4.01. The number of anilines is 1. The number of unbranched alkanes of at least 4 members (excludes halogenated alkanes) is 1. The second kappa shape index (κ2) is 10.4. The Morgan fingerprint density at radius 2 is 1.92 bits per heavy atom. The topological polar surface area (TPSA) is 129 Å². The molecule has 0 bridgehead atoms. The van der Waals surface area contributed by atoms with Crippen LogP contribution in [0.2, 0.25) is 0 Å². The van der Waals surface area contributed by atoms with E-state index < -0.39 is 12.1 Å². The summed E-state index contributed by atoms with van der Waals surface area (Å²) in [5.41, 5.74) is 11.1. The van der Waals surface area contributed by atoms with Crippen LogP contribution in [0.5, 0.6) is 0 Å². The molecule has 2 amide bonds. The molecule has 0 unspecified atom stereocenters. The Morgan fingerprint density at radius 1 is 1.18 bits per heavy atom. The first-order valence-corrected chi connectivity index (χ1v) is 13.4. The van der Waals surface area contributed by atoms with E-state index >= 15 is 0 Å². The van der Waals surface area contributed by atoms with Gasteiger partial charge in [-0.15, -0.1) is 0 Å². The van der Waals surface area contributed by atoms with Crippen molar-refractivity contribution in [1.82, 2.24) is 24.8 Å². The van der Waals surface area contributed by atoms with E-state index in [0.717, 1.165) is 66.0 Å². The lowest BCUT2D eigenvalue weighted by Crippen LogP contribution is -2.50. The molecule has 9 heteroatoms. The molecule has 1 aliphatic rings. The van der Waals surface area contributed by atoms with Crippen LogP contribution in [-0.4, -0.2) is 49.1 Å². The van der Waals surface area contributed by atoms with Gasteiger partial charge in [0.2, 0.25) is 5.91 Å². The Kier molecular flexibility index (Phi) is 7.01. The van der Waals surface area contributed by atoms with Crippen LogP contribution in [-0.2, 0) is 11.3 Å². The summed E-state index contributed by atoms with van der Waals surface area (Å²) < 4.78 is 2.35. The Labute approximate surface area is 222 Å². The van der Waals surface area contributed by atoms with Crippen molar-refractivity contribution in [2.24, 2.45) is 5.92 Å². The van der Waals surface area contributed by atoms with E-state index in [-0.39, 0.29) is 17.9 Å². The molecule has 38 heavy (non-hydrogen) atoms. The smallest absolute Gasteiger partial charge is 0.405 e. The molecule has 9 nitrogen and oxygen atoms in total. The third kappa shape index (κ3) is 4.68. The highest BCUT2D eigenvalue weighted by atomic mass is 16.4. The molecule has 2 aromatic heterocycles. The van der Waals surface area contributed by atoms with Crippen LogP contribution < -0.4 is 11.1 Å². The molecule has 1 aliphatic heterocycles. The highest BCUT2D eigenvalue weighted by Gasteiger charge is 2.37. The van der Waals surface area contributed by atoms with Crippen LogP contribution in [0.4, 0.5) is 10.5 Å². The van der Waals surface area contributed by atoms with Gasteiger partial charge < -0.3 is 30.6 Å². The van der Waals surface area contributed by atoms with Gasteiger partial charge in [-0.2, -0.15) is 0 Å². The maximum atomic E-state index is 13.3. The van der Waals surface area contributed by atoms with E-state index in [9.17, 15) is 14.7 Å². The lowest BCUT2D eigenvalue weighted by molar-refractivity contribution is -0.135. The molecule has 2 aromatic carbocycles. The van der Waals surface area contributed by atoms with Gasteiger partial charge in [-0.05, 0) is 43.4 Å². The van der Waals surface area contributed by atoms with Crippen LogP contribution in [0.1, 0.15) is 58.3 Å². The lowest BCUT2D eigenvalue weighted by Gasteiger charge is -2.29. The van der Waals surface area contributed by atoms with Crippen molar-refractivity contribution in [3.8, 4) is 11.3 Å². The number of carbonyl (C=O) groups is 2. The summed E-state index contributed by atoms with van der Waals surface area (Å²) in [6, 6.07) is 11.5. The lowest BCUT2D eigenvalue weighted by atomic mass is 10.0. The summed E-state index contributed by atoms with van der Waals surface area (Å²) in [5, 5.41) is 14.0. The second-order valence-electron chi connectivity index (χ2n) is 10.6. The van der Waals surface area contributed by atoms with Crippen molar-refractivity contribution in [2.45, 2.75) is 65.1 Å². The fourth-order valence-electron chi connectivity index (χ4n) is 5.63. The quantitative estimate of drug-likeness (QED) is 0.229. The summed E-state index contributed by atoms with van der Waals surface area (Å²) in [5.74, 6) is 0.362. The molecule has 5 N–H and O–H groups in total. The number of nitrogens with one attached hydrogen (secondary N) is 2. The van der Waals surface area contributed by atoms with Gasteiger partial charge in [-0.3, -0.25) is 4.79 Å². The van der Waals surface area contributed by atoms with Crippen LogP contribution >= 0.6 is 0 Å². The number of carbonyl (C=O) groups excluding carboxylic acids is 1. The maximum Gasteiger partial charge on any atom is 0.405 e. The van der Waals surface area contributed by atoms with Gasteiger partial charge >= 0.3 is 6.09 Å². The number of amides is 2. The minimum Gasteiger partial charge on any atom is -0.465 e. The van der Waals surface area contributed by atoms with Gasteiger partial charge in [-0.25, -0.2) is 9.78 Å². The van der Waals surface area contributed by atoms with E-state index in [0.29, 0.717) is 6.54 Å². The van der Waals surface area contributed by atoms with Crippen LogP contribution in [0.15, 0.2) is 42.6 Å². The number of nitrogens with zero attached hydrogens (tertiary/aromatic N) is 3. The average Bonchev–Trinajstić information content (AvgIpc) is 3.62. The molecule has 0 spiro atoms. The molecule has 0 aliphatic carbocycles. The SMILES string of the molecule is CCCCn1c2cc(N)ccc2c2ccc(-c3cnc([C@@H]4CCCN4C(=O)[C@H](NC(=O)O)C(C)C)[nH]3)cc21. The van der Waals surface area contributed by atoms with Crippen molar-refractivity contribution in [1.29, 1.82) is 0 Å². The van der Waals surface area contributed by atoms with Gasteiger partial charge in [0, 0.05) is 40.6 Å². The minimum atomic E-state index is -1.19. The maximum absolute atomic E-state index is 13.3. The Morgan fingerprint density at radius 3 is 2.63 bits per heavy atom. The third-order valence-electron chi connectivity index (χ3n) is 7.60. The minimum absolute atomic E-state index is 0.159. The second-order valence-corrected chi connectivity index (χ2v) is 10.6. The number of likely N-dealkylation sites (tertiary alicyclic amines) is 1. The first kappa shape index (κ1) is 25.6. The number of rotatable bonds is 8. The number of hydrogen-bond donors (Lipinski definition) is 4. The normalized spacial score (nSPS) is 16.5. The zero-order chi connectivity index (χ0) is 27.0. The molecular weight excluding hydrogens is 480 g/mol. The predicted octanol–water partition coefficient (Wildman–Crippen LogP) is 5.52. The van der Waals surface area contributed by atoms with Gasteiger partial charge in [-0.1, -0.05) is 45.4 Å². The summed E-state index contributed by atoms with van der Waals surface area (Å²) in [7, 11) is 0. The number of nitrogen functional groups attached to an aromatic ring is 1. The van der Waals surface area contributed by atoms with Crippen LogP contribution in [0.25, 0.3) is 33.1 Å². The fourth-order valence-corrected chi connectivity index (χ4v) is 5.63. The molecule has 0 saturated carbocycles. The summed E-state index contributed by atoms with van der Waals surface area (Å²) in [4.78, 5) is 34.5. The molecule has 3 heterocycles. The van der Waals surface area contributed by atoms with Gasteiger partial charge in [0.1, 0.15) is 11.9 Å². The summed E-state index contributed by atoms with van der Waals surface area (Å²) >= 11 is 0. The molecule has 200 valence electrons. The molecule has 0 radical (unpaired) electrons. The monoisotopic (exact) mass is 516 g/mol. The first-order valence-electron chi connectivity index (χ1n) is 13.4. The van der Waals surface area contributed by atoms with E-state index in [1.165, 1.54) is 10.8 Å². The first-order chi connectivity index (χ1) is 18.3. The number of aryl methyl sites for hydroxylation is 1. The average molecular weight is 517 g/mol. The zero-order valence-electron chi connectivity index (χ0n) is 22.2. The number of carboxylic acid groups (broad SMARTS) is 1. The number of nitrogens with two attached hydrogens (primary N) is 1. The molecule has 2 atom stereocenters. The zero-order valence-corrected chi connectivity index (χ0v) is 22.2. The van der Waals surface area contributed by atoms with Crippen molar-refractivity contribution in [2.75, 3.05) is 12.3 Å². The van der Waals surface area contributed by atoms with Crippen LogP contribution in [0, 0.1) is 5.92 Å². The van der Waals surface area contributed by atoms with Gasteiger partial charge in [0.05, 0.1) is 23.4 Å². The van der Waals surface area contributed by atoms with Crippen molar-refractivity contribution >= 4 is 39.5 Å². The number of H-pyrrole nitrogens is 1. The van der Waals surface area contributed by atoms with Crippen molar-refractivity contribution in [3.63, 3.8) is 0 Å². The fraction of sp³-hybridized carbons (Fsp3) is 0.414. The summed E-state index contributed by atoms with van der Waals surface area (Å²) in [6.45, 7) is 7.38. The predicted molar refractivity (Wildman–Crippen MR) is 150 cm³/mol. The third-order valence-corrected chi connectivity index (χ3v) is 7.60. The number of aromatic amines is 1. The number of hydrogen-bond acceptors (Lipinski definition) is 4. The van der Waals surface area contributed by atoms with E-state index in [1.807, 2.05) is 32.2 Å². The number of imidazole rings is 1.